The van der Waals surface area contributed by atoms with Gasteiger partial charge >= 0.3 is 0 Å². The van der Waals surface area contributed by atoms with Crippen LogP contribution in [0.4, 0.5) is 4.39 Å². The Balaban J connectivity index is 1.52. The van der Waals surface area contributed by atoms with Crippen molar-refractivity contribution >= 4 is 5.91 Å². The highest BCUT2D eigenvalue weighted by atomic mass is 19.1. The summed E-state index contributed by atoms with van der Waals surface area (Å²) < 4.78 is 13.3. The Labute approximate surface area is 142 Å². The molecule has 0 atom stereocenters. The summed E-state index contributed by atoms with van der Waals surface area (Å²) >= 11 is 0. The van der Waals surface area contributed by atoms with Crippen LogP contribution in [-0.2, 0) is 11.2 Å². The number of nitrogens with one attached hydrogen (secondary N) is 1. The third-order valence-electron chi connectivity index (χ3n) is 4.62. The van der Waals surface area contributed by atoms with Crippen LogP contribution in [0.5, 0.6) is 0 Å². The number of benzene rings is 1. The summed E-state index contributed by atoms with van der Waals surface area (Å²) in [4.78, 5) is 16.4. The molecule has 4 heteroatoms. The zero-order chi connectivity index (χ0) is 16.8. The summed E-state index contributed by atoms with van der Waals surface area (Å²) in [7, 11) is 0. The van der Waals surface area contributed by atoms with E-state index < -0.39 is 0 Å². The van der Waals surface area contributed by atoms with E-state index in [1.54, 1.807) is 12.3 Å². The zero-order valence-corrected chi connectivity index (χ0v) is 13.8. The number of pyridine rings is 1. The number of aromatic nitrogens is 1. The SMILES string of the molecule is O=C(Cc1ccc(-c2cccc(F)c2)nc1)NCC1CCCCC1. The molecule has 1 aromatic carbocycles. The summed E-state index contributed by atoms with van der Waals surface area (Å²) in [6, 6.07) is 10.1. The fourth-order valence-corrected chi connectivity index (χ4v) is 3.24. The second-order valence-corrected chi connectivity index (χ2v) is 6.55. The summed E-state index contributed by atoms with van der Waals surface area (Å²) in [5, 5.41) is 3.04. The molecule has 0 aliphatic heterocycles. The molecule has 0 spiro atoms. The van der Waals surface area contributed by atoms with Crippen LogP contribution >= 0.6 is 0 Å². The van der Waals surface area contributed by atoms with Crippen molar-refractivity contribution < 1.29 is 9.18 Å². The smallest absolute Gasteiger partial charge is 0.224 e. The summed E-state index contributed by atoms with van der Waals surface area (Å²) in [5.41, 5.74) is 2.32. The Kier molecular flexibility index (Phi) is 5.57. The first-order chi connectivity index (χ1) is 11.7. The van der Waals surface area contributed by atoms with Crippen LogP contribution in [0.1, 0.15) is 37.7 Å². The van der Waals surface area contributed by atoms with Crippen molar-refractivity contribution in [1.82, 2.24) is 10.3 Å². The van der Waals surface area contributed by atoms with Gasteiger partial charge in [0.25, 0.3) is 0 Å². The molecule has 0 saturated heterocycles. The van der Waals surface area contributed by atoms with Crippen molar-refractivity contribution in [3.63, 3.8) is 0 Å². The van der Waals surface area contributed by atoms with E-state index >= 15 is 0 Å². The van der Waals surface area contributed by atoms with Crippen molar-refractivity contribution in [2.45, 2.75) is 38.5 Å². The lowest BCUT2D eigenvalue weighted by Gasteiger charge is -2.21. The lowest BCUT2D eigenvalue weighted by Crippen LogP contribution is -2.31. The van der Waals surface area contributed by atoms with E-state index in [4.69, 9.17) is 0 Å². The molecule has 1 heterocycles. The molecule has 24 heavy (non-hydrogen) atoms. The highest BCUT2D eigenvalue weighted by molar-refractivity contribution is 5.78. The average Bonchev–Trinajstić information content (AvgIpc) is 2.61. The van der Waals surface area contributed by atoms with Gasteiger partial charge in [0.1, 0.15) is 5.82 Å². The van der Waals surface area contributed by atoms with Gasteiger partial charge in [-0.15, -0.1) is 0 Å². The van der Waals surface area contributed by atoms with Gasteiger partial charge < -0.3 is 5.32 Å². The molecule has 1 amide bonds. The van der Waals surface area contributed by atoms with Crippen molar-refractivity contribution in [3.05, 3.63) is 54.0 Å². The Bertz CT molecular complexity index is 678. The summed E-state index contributed by atoms with van der Waals surface area (Å²) in [6.07, 6.45) is 8.38. The number of rotatable bonds is 5. The first kappa shape index (κ1) is 16.6. The van der Waals surface area contributed by atoms with Gasteiger partial charge in [0.05, 0.1) is 12.1 Å². The topological polar surface area (TPSA) is 42.0 Å². The van der Waals surface area contributed by atoms with Gasteiger partial charge in [-0.05, 0) is 42.5 Å². The minimum Gasteiger partial charge on any atom is -0.356 e. The second kappa shape index (κ2) is 8.04. The number of nitrogens with zero attached hydrogens (tertiary/aromatic N) is 1. The van der Waals surface area contributed by atoms with E-state index in [-0.39, 0.29) is 11.7 Å². The number of carbonyl (C=O) groups excluding carboxylic acids is 1. The van der Waals surface area contributed by atoms with Crippen LogP contribution in [0, 0.1) is 11.7 Å². The van der Waals surface area contributed by atoms with Gasteiger partial charge in [-0.1, -0.05) is 37.5 Å². The van der Waals surface area contributed by atoms with E-state index in [1.165, 1.54) is 44.2 Å². The average molecular weight is 326 g/mol. The minimum absolute atomic E-state index is 0.0425. The van der Waals surface area contributed by atoms with E-state index in [0.29, 0.717) is 18.0 Å². The molecule has 1 N–H and O–H groups in total. The number of halogens is 1. The highest BCUT2D eigenvalue weighted by Crippen LogP contribution is 2.22. The van der Waals surface area contributed by atoms with E-state index in [9.17, 15) is 9.18 Å². The third-order valence-corrected chi connectivity index (χ3v) is 4.62. The standard InChI is InChI=1S/C20H23FN2O/c21-18-8-4-7-17(12-18)19-10-9-16(14-22-19)11-20(24)23-13-15-5-2-1-3-6-15/h4,7-10,12,14-15H,1-3,5-6,11,13H2,(H,23,24). The minimum atomic E-state index is -0.277. The van der Waals surface area contributed by atoms with Crippen LogP contribution in [0.3, 0.4) is 0 Å². The maximum absolute atomic E-state index is 13.3. The van der Waals surface area contributed by atoms with E-state index in [1.807, 2.05) is 18.2 Å². The van der Waals surface area contributed by atoms with Crippen molar-refractivity contribution in [3.8, 4) is 11.3 Å². The molecule has 1 saturated carbocycles. The second-order valence-electron chi connectivity index (χ2n) is 6.55. The predicted octanol–water partition coefficient (Wildman–Crippen LogP) is 4.13. The molecule has 3 rings (SSSR count). The number of hydrogen-bond donors (Lipinski definition) is 1. The molecule has 0 radical (unpaired) electrons. The van der Waals surface area contributed by atoms with Crippen LogP contribution in [-0.4, -0.2) is 17.4 Å². The van der Waals surface area contributed by atoms with E-state index in [2.05, 4.69) is 10.3 Å². The molecule has 1 aliphatic rings. The maximum Gasteiger partial charge on any atom is 0.224 e. The van der Waals surface area contributed by atoms with Crippen molar-refractivity contribution in [2.24, 2.45) is 5.92 Å². The zero-order valence-electron chi connectivity index (χ0n) is 13.8. The first-order valence-corrected chi connectivity index (χ1v) is 8.68. The molecule has 0 bridgehead atoms. The van der Waals surface area contributed by atoms with Gasteiger partial charge in [0.2, 0.25) is 5.91 Å². The molecule has 1 aromatic heterocycles. The van der Waals surface area contributed by atoms with Gasteiger partial charge in [-0.25, -0.2) is 4.39 Å². The molecular weight excluding hydrogens is 303 g/mol. The number of hydrogen-bond acceptors (Lipinski definition) is 2. The molecule has 1 aliphatic carbocycles. The Hall–Kier alpha value is -2.23. The molecule has 126 valence electrons. The fraction of sp³-hybridized carbons (Fsp3) is 0.400. The van der Waals surface area contributed by atoms with Gasteiger partial charge in [0, 0.05) is 18.3 Å². The normalized spacial score (nSPS) is 15.2. The fourth-order valence-electron chi connectivity index (χ4n) is 3.24. The maximum atomic E-state index is 13.3. The summed E-state index contributed by atoms with van der Waals surface area (Å²) in [5.74, 6) is 0.400. The lowest BCUT2D eigenvalue weighted by atomic mass is 9.89. The van der Waals surface area contributed by atoms with Crippen molar-refractivity contribution in [2.75, 3.05) is 6.54 Å². The van der Waals surface area contributed by atoms with Gasteiger partial charge in [-0.2, -0.15) is 0 Å². The Morgan fingerprint density at radius 3 is 2.71 bits per heavy atom. The van der Waals surface area contributed by atoms with Gasteiger partial charge in [-0.3, -0.25) is 9.78 Å². The van der Waals surface area contributed by atoms with Crippen molar-refractivity contribution in [1.29, 1.82) is 0 Å². The number of amides is 1. The third kappa shape index (κ3) is 4.63. The quantitative estimate of drug-likeness (QED) is 0.898. The molecule has 1 fully saturated rings. The predicted molar refractivity (Wildman–Crippen MR) is 92.9 cm³/mol. The highest BCUT2D eigenvalue weighted by Gasteiger charge is 2.14. The lowest BCUT2D eigenvalue weighted by molar-refractivity contribution is -0.120. The molecule has 0 unspecified atom stereocenters. The summed E-state index contributed by atoms with van der Waals surface area (Å²) in [6.45, 7) is 0.785. The Morgan fingerprint density at radius 1 is 1.17 bits per heavy atom. The van der Waals surface area contributed by atoms with Crippen LogP contribution in [0.25, 0.3) is 11.3 Å². The van der Waals surface area contributed by atoms with Gasteiger partial charge in [0.15, 0.2) is 0 Å². The molecule has 3 nitrogen and oxygen atoms in total. The largest absolute Gasteiger partial charge is 0.356 e. The van der Waals surface area contributed by atoms with E-state index in [0.717, 1.165) is 17.7 Å². The Morgan fingerprint density at radius 2 is 2.00 bits per heavy atom. The van der Waals surface area contributed by atoms with Crippen LogP contribution in [0.2, 0.25) is 0 Å². The monoisotopic (exact) mass is 326 g/mol. The molecule has 2 aromatic rings. The molecular formula is C20H23FN2O. The van der Waals surface area contributed by atoms with Crippen LogP contribution in [0.15, 0.2) is 42.6 Å². The van der Waals surface area contributed by atoms with Crippen LogP contribution < -0.4 is 5.32 Å². The first-order valence-electron chi connectivity index (χ1n) is 8.68. The number of carbonyl (C=O) groups is 1.